The van der Waals surface area contributed by atoms with Crippen molar-refractivity contribution in [3.63, 3.8) is 0 Å². The summed E-state index contributed by atoms with van der Waals surface area (Å²) in [4.78, 5) is 8.11. The van der Waals surface area contributed by atoms with E-state index in [4.69, 9.17) is 0 Å². The molecule has 1 aliphatic carbocycles. The highest BCUT2D eigenvalue weighted by Crippen LogP contribution is 2.33. The van der Waals surface area contributed by atoms with Gasteiger partial charge in [-0.25, -0.2) is 9.97 Å². The zero-order chi connectivity index (χ0) is 12.4. The molecule has 2 nitrogen and oxygen atoms in total. The Labute approximate surface area is 108 Å². The molecule has 92 valence electrons. The van der Waals surface area contributed by atoms with E-state index in [0.29, 0.717) is 0 Å². The van der Waals surface area contributed by atoms with Crippen LogP contribution in [0.5, 0.6) is 0 Å². The Balaban J connectivity index is 1.72. The molecule has 0 bridgehead atoms. The van der Waals surface area contributed by atoms with Crippen molar-refractivity contribution in [2.75, 3.05) is 0 Å². The summed E-state index contributed by atoms with van der Waals surface area (Å²) in [6.07, 6.45) is 10.1. The van der Waals surface area contributed by atoms with Crippen LogP contribution in [-0.4, -0.2) is 9.97 Å². The SMILES string of the molecule is C[C@H]1CCc2ccc(CCc3cncnc3)cc21. The second kappa shape index (κ2) is 4.89. The highest BCUT2D eigenvalue weighted by Gasteiger charge is 2.18. The van der Waals surface area contributed by atoms with Gasteiger partial charge in [0.1, 0.15) is 6.33 Å². The highest BCUT2D eigenvalue weighted by atomic mass is 14.8. The Morgan fingerprint density at radius 1 is 1.11 bits per heavy atom. The Hall–Kier alpha value is -1.70. The molecular formula is C16H18N2. The molecule has 1 aromatic heterocycles. The summed E-state index contributed by atoms with van der Waals surface area (Å²) < 4.78 is 0. The first-order chi connectivity index (χ1) is 8.83. The lowest BCUT2D eigenvalue weighted by atomic mass is 9.98. The van der Waals surface area contributed by atoms with Crippen molar-refractivity contribution >= 4 is 0 Å². The molecule has 2 aromatic rings. The quantitative estimate of drug-likeness (QED) is 0.819. The molecule has 0 fully saturated rings. The summed E-state index contributed by atoms with van der Waals surface area (Å²) in [5, 5.41) is 0. The Morgan fingerprint density at radius 3 is 2.72 bits per heavy atom. The molecule has 2 heteroatoms. The summed E-state index contributed by atoms with van der Waals surface area (Å²) >= 11 is 0. The van der Waals surface area contributed by atoms with Gasteiger partial charge >= 0.3 is 0 Å². The van der Waals surface area contributed by atoms with Gasteiger partial charge in [-0.05, 0) is 53.9 Å². The van der Waals surface area contributed by atoms with Crippen molar-refractivity contribution in [3.8, 4) is 0 Å². The minimum Gasteiger partial charge on any atom is -0.245 e. The van der Waals surface area contributed by atoms with Crippen LogP contribution < -0.4 is 0 Å². The predicted octanol–water partition coefficient (Wildman–Crippen LogP) is 3.31. The smallest absolute Gasteiger partial charge is 0.115 e. The van der Waals surface area contributed by atoms with Gasteiger partial charge in [-0.3, -0.25) is 0 Å². The number of hydrogen-bond acceptors (Lipinski definition) is 2. The maximum Gasteiger partial charge on any atom is 0.115 e. The third-order valence-corrected chi connectivity index (χ3v) is 3.90. The number of rotatable bonds is 3. The first-order valence-corrected chi connectivity index (χ1v) is 6.68. The van der Waals surface area contributed by atoms with E-state index in [-0.39, 0.29) is 0 Å². The van der Waals surface area contributed by atoms with Crippen molar-refractivity contribution in [2.24, 2.45) is 0 Å². The molecule has 0 amide bonds. The Morgan fingerprint density at radius 2 is 1.89 bits per heavy atom. The number of benzene rings is 1. The molecule has 0 spiro atoms. The lowest BCUT2D eigenvalue weighted by Crippen LogP contribution is -1.95. The minimum atomic E-state index is 0.736. The van der Waals surface area contributed by atoms with Gasteiger partial charge in [0.2, 0.25) is 0 Å². The highest BCUT2D eigenvalue weighted by molar-refractivity contribution is 5.38. The molecule has 0 radical (unpaired) electrons. The van der Waals surface area contributed by atoms with Gasteiger partial charge < -0.3 is 0 Å². The molecule has 1 aromatic carbocycles. The lowest BCUT2D eigenvalue weighted by Gasteiger charge is -2.08. The summed E-state index contributed by atoms with van der Waals surface area (Å²) in [7, 11) is 0. The van der Waals surface area contributed by atoms with Crippen LogP contribution in [0.2, 0.25) is 0 Å². The van der Waals surface area contributed by atoms with Gasteiger partial charge in [-0.2, -0.15) is 0 Å². The molecule has 0 N–H and O–H groups in total. The standard InChI is InChI=1S/C16H18N2/c1-12-2-6-15-7-5-13(8-16(12)15)3-4-14-9-17-11-18-10-14/h5,7-12H,2-4,6H2,1H3/t12-/m0/s1. The number of hydrogen-bond donors (Lipinski definition) is 0. The van der Waals surface area contributed by atoms with E-state index in [1.807, 2.05) is 12.4 Å². The van der Waals surface area contributed by atoms with E-state index in [0.717, 1.165) is 18.8 Å². The molecule has 0 saturated carbocycles. The van der Waals surface area contributed by atoms with Gasteiger partial charge in [0.15, 0.2) is 0 Å². The van der Waals surface area contributed by atoms with Crippen LogP contribution in [0.1, 0.15) is 41.5 Å². The fourth-order valence-electron chi connectivity index (χ4n) is 2.76. The lowest BCUT2D eigenvalue weighted by molar-refractivity contribution is 0.746. The van der Waals surface area contributed by atoms with Gasteiger partial charge in [0.05, 0.1) is 0 Å². The fourth-order valence-corrected chi connectivity index (χ4v) is 2.76. The van der Waals surface area contributed by atoms with E-state index >= 15 is 0 Å². The molecule has 1 atom stereocenters. The van der Waals surface area contributed by atoms with Crippen LogP contribution in [0, 0.1) is 0 Å². The molecule has 0 unspecified atom stereocenters. The first-order valence-electron chi connectivity index (χ1n) is 6.68. The average Bonchev–Trinajstić information content (AvgIpc) is 2.79. The van der Waals surface area contributed by atoms with E-state index in [2.05, 4.69) is 35.1 Å². The molecule has 3 rings (SSSR count). The van der Waals surface area contributed by atoms with Crippen LogP contribution in [0.15, 0.2) is 36.9 Å². The number of aromatic nitrogens is 2. The van der Waals surface area contributed by atoms with E-state index in [9.17, 15) is 0 Å². The maximum atomic E-state index is 4.06. The summed E-state index contributed by atoms with van der Waals surface area (Å²) in [5.74, 6) is 0.736. The maximum absolute atomic E-state index is 4.06. The first kappa shape index (κ1) is 11.4. The molecule has 1 aliphatic rings. The van der Waals surface area contributed by atoms with E-state index in [1.165, 1.54) is 24.0 Å². The van der Waals surface area contributed by atoms with Crippen LogP contribution >= 0.6 is 0 Å². The van der Waals surface area contributed by atoms with Gasteiger partial charge in [-0.15, -0.1) is 0 Å². The summed E-state index contributed by atoms with van der Waals surface area (Å²) in [6.45, 7) is 2.33. The minimum absolute atomic E-state index is 0.736. The second-order valence-corrected chi connectivity index (χ2v) is 5.22. The number of fused-ring (bicyclic) bond motifs is 1. The molecule has 0 saturated heterocycles. The molecule has 18 heavy (non-hydrogen) atoms. The van der Waals surface area contributed by atoms with Crippen molar-refractivity contribution in [3.05, 3.63) is 59.2 Å². The van der Waals surface area contributed by atoms with Gasteiger partial charge in [0, 0.05) is 12.4 Å². The Bertz CT molecular complexity index is 534. The second-order valence-electron chi connectivity index (χ2n) is 5.22. The largest absolute Gasteiger partial charge is 0.245 e. The van der Waals surface area contributed by atoms with Crippen LogP contribution in [0.4, 0.5) is 0 Å². The molecule has 1 heterocycles. The summed E-state index contributed by atoms with van der Waals surface area (Å²) in [6, 6.07) is 6.99. The topological polar surface area (TPSA) is 25.8 Å². The van der Waals surface area contributed by atoms with Gasteiger partial charge in [0.25, 0.3) is 0 Å². The van der Waals surface area contributed by atoms with Crippen LogP contribution in [0.3, 0.4) is 0 Å². The molecule has 0 aliphatic heterocycles. The Kier molecular flexibility index (Phi) is 3.09. The van der Waals surface area contributed by atoms with Crippen molar-refractivity contribution in [2.45, 2.75) is 38.5 Å². The van der Waals surface area contributed by atoms with E-state index in [1.54, 1.807) is 17.5 Å². The van der Waals surface area contributed by atoms with Crippen molar-refractivity contribution in [1.29, 1.82) is 0 Å². The van der Waals surface area contributed by atoms with Crippen LogP contribution in [0.25, 0.3) is 0 Å². The monoisotopic (exact) mass is 238 g/mol. The van der Waals surface area contributed by atoms with Crippen molar-refractivity contribution < 1.29 is 0 Å². The predicted molar refractivity (Wildman–Crippen MR) is 72.6 cm³/mol. The van der Waals surface area contributed by atoms with Crippen molar-refractivity contribution in [1.82, 2.24) is 9.97 Å². The average molecular weight is 238 g/mol. The fraction of sp³-hybridized carbons (Fsp3) is 0.375. The molecular weight excluding hydrogens is 220 g/mol. The third kappa shape index (κ3) is 2.28. The van der Waals surface area contributed by atoms with E-state index < -0.39 is 0 Å². The zero-order valence-corrected chi connectivity index (χ0v) is 10.8. The van der Waals surface area contributed by atoms with Crippen LogP contribution in [-0.2, 0) is 19.3 Å². The normalized spacial score (nSPS) is 17.7. The number of nitrogens with zero attached hydrogens (tertiary/aromatic N) is 2. The third-order valence-electron chi connectivity index (χ3n) is 3.90. The number of aryl methyl sites for hydroxylation is 3. The van der Waals surface area contributed by atoms with Gasteiger partial charge in [-0.1, -0.05) is 25.1 Å². The zero-order valence-electron chi connectivity index (χ0n) is 10.8. The summed E-state index contributed by atoms with van der Waals surface area (Å²) in [5.41, 5.74) is 5.77.